The first-order chi connectivity index (χ1) is 21.1. The average molecular weight is 643 g/mol. The predicted octanol–water partition coefficient (Wildman–Crippen LogP) is 5.32. The first-order valence-electron chi connectivity index (χ1n) is 14.5. The maximum absolute atomic E-state index is 15.2. The predicted molar refractivity (Wildman–Crippen MR) is 163 cm³/mol. The Morgan fingerprint density at radius 3 is 2.33 bits per heavy atom. The number of hydrogen-bond donors (Lipinski definition) is 0. The van der Waals surface area contributed by atoms with Crippen molar-refractivity contribution >= 4 is 16.7 Å². The highest BCUT2D eigenvalue weighted by molar-refractivity contribution is 7.84. The van der Waals surface area contributed by atoms with E-state index in [9.17, 15) is 17.8 Å². The summed E-state index contributed by atoms with van der Waals surface area (Å²) in [7, 11) is -1.27. The third kappa shape index (κ3) is 6.73. The molecule has 3 heterocycles. The lowest BCUT2D eigenvalue weighted by molar-refractivity contribution is -0.00244. The molecule has 2 atom stereocenters. The Morgan fingerprint density at radius 1 is 1.00 bits per heavy atom. The Bertz CT molecular complexity index is 1680. The molecule has 7 nitrogen and oxygen atoms in total. The number of likely N-dealkylation sites (tertiary alicyclic amines) is 2. The van der Waals surface area contributed by atoms with Crippen LogP contribution in [0.3, 0.4) is 0 Å². The standard InChI is InChI=1S/C33H32F4N4O2S.H2O/c1-44(43)27-12-7-24(30(35)17-27)19-39-15-13-23(14-16-39)31-28(18-38-41(31)26-10-8-25(34)9-11-26)32(42)40-20-29(33(36,37)21-40)22-5-3-2-4-6-22;/h2-12,17-18,23,29H,13-16,19-21H2,1H3;1H2. The molecule has 12 heteroatoms. The zero-order chi connectivity index (χ0) is 31.0. The van der Waals surface area contributed by atoms with Crippen molar-refractivity contribution in [1.29, 1.82) is 0 Å². The number of rotatable bonds is 7. The van der Waals surface area contributed by atoms with Crippen molar-refractivity contribution in [2.24, 2.45) is 0 Å². The van der Waals surface area contributed by atoms with Gasteiger partial charge in [-0.25, -0.2) is 22.2 Å². The molecule has 1 amide bonds. The first-order valence-corrected chi connectivity index (χ1v) is 16.1. The minimum absolute atomic E-state index is 0. The fraction of sp³-hybridized carbons (Fsp3) is 0.333. The lowest BCUT2D eigenvalue weighted by atomic mass is 9.90. The van der Waals surface area contributed by atoms with E-state index in [4.69, 9.17) is 0 Å². The van der Waals surface area contributed by atoms with Gasteiger partial charge >= 0.3 is 0 Å². The van der Waals surface area contributed by atoms with Crippen LogP contribution in [0.4, 0.5) is 17.6 Å². The van der Waals surface area contributed by atoms with Crippen LogP contribution >= 0.6 is 0 Å². The molecule has 6 rings (SSSR count). The summed E-state index contributed by atoms with van der Waals surface area (Å²) in [4.78, 5) is 17.7. The van der Waals surface area contributed by atoms with E-state index in [0.29, 0.717) is 59.9 Å². The van der Waals surface area contributed by atoms with Gasteiger partial charge in [-0.15, -0.1) is 0 Å². The Balaban J connectivity index is 0.00000400. The summed E-state index contributed by atoms with van der Waals surface area (Å²) < 4.78 is 72.2. The zero-order valence-electron chi connectivity index (χ0n) is 24.6. The number of amides is 1. The molecule has 0 spiro atoms. The number of carbonyl (C=O) groups is 1. The average Bonchev–Trinajstić information content (AvgIpc) is 3.60. The van der Waals surface area contributed by atoms with Gasteiger partial charge in [-0.1, -0.05) is 36.4 Å². The van der Waals surface area contributed by atoms with Crippen LogP contribution in [0.1, 0.15) is 51.9 Å². The number of carbonyl (C=O) groups excluding carboxylic acids is 1. The molecular weight excluding hydrogens is 608 g/mol. The molecule has 2 N–H and O–H groups in total. The van der Waals surface area contributed by atoms with E-state index in [1.807, 2.05) is 0 Å². The molecule has 238 valence electrons. The lowest BCUT2D eigenvalue weighted by Gasteiger charge is -2.33. The third-order valence-electron chi connectivity index (χ3n) is 8.64. The summed E-state index contributed by atoms with van der Waals surface area (Å²) in [5.41, 5.74) is 2.41. The lowest BCUT2D eigenvalue weighted by Crippen LogP contribution is -2.35. The van der Waals surface area contributed by atoms with Crippen LogP contribution in [-0.4, -0.2) is 73.5 Å². The minimum Gasteiger partial charge on any atom is -0.412 e. The van der Waals surface area contributed by atoms with Gasteiger partial charge in [0, 0.05) is 46.5 Å². The van der Waals surface area contributed by atoms with Crippen LogP contribution in [0, 0.1) is 11.6 Å². The van der Waals surface area contributed by atoms with Crippen LogP contribution in [0.5, 0.6) is 0 Å². The number of piperidine rings is 1. The Hall–Kier alpha value is -3.87. The van der Waals surface area contributed by atoms with Gasteiger partial charge in [0.15, 0.2) is 0 Å². The van der Waals surface area contributed by atoms with Gasteiger partial charge in [-0.05, 0) is 67.9 Å². The fourth-order valence-electron chi connectivity index (χ4n) is 6.29. The van der Waals surface area contributed by atoms with Crippen molar-refractivity contribution in [2.75, 3.05) is 32.4 Å². The second kappa shape index (κ2) is 13.2. The molecule has 0 aliphatic carbocycles. The van der Waals surface area contributed by atoms with Crippen molar-refractivity contribution in [3.8, 4) is 5.69 Å². The van der Waals surface area contributed by atoms with Crippen LogP contribution in [-0.2, 0) is 17.3 Å². The molecule has 2 saturated heterocycles. The second-order valence-electron chi connectivity index (χ2n) is 11.5. The van der Waals surface area contributed by atoms with E-state index in [-0.39, 0.29) is 23.5 Å². The van der Waals surface area contributed by atoms with Gasteiger partial charge in [0.25, 0.3) is 11.8 Å². The van der Waals surface area contributed by atoms with Crippen molar-refractivity contribution < 1.29 is 32.0 Å². The first kappa shape index (κ1) is 32.5. The number of nitrogens with zero attached hydrogens (tertiary/aromatic N) is 4. The van der Waals surface area contributed by atoms with Gasteiger partial charge in [-0.2, -0.15) is 5.10 Å². The second-order valence-corrected chi connectivity index (χ2v) is 12.9. The summed E-state index contributed by atoms with van der Waals surface area (Å²) in [5, 5.41) is 4.49. The van der Waals surface area contributed by atoms with Crippen LogP contribution in [0.15, 0.2) is 83.9 Å². The minimum atomic E-state index is -3.09. The van der Waals surface area contributed by atoms with Crippen molar-refractivity contribution in [1.82, 2.24) is 19.6 Å². The third-order valence-corrected chi connectivity index (χ3v) is 9.55. The smallest absolute Gasteiger partial charge is 0.273 e. The summed E-state index contributed by atoms with van der Waals surface area (Å²) >= 11 is 0. The van der Waals surface area contributed by atoms with Crippen LogP contribution in [0.2, 0.25) is 0 Å². The summed E-state index contributed by atoms with van der Waals surface area (Å²) in [6, 6.07) is 18.9. The molecule has 2 fully saturated rings. The molecule has 1 aromatic heterocycles. The van der Waals surface area contributed by atoms with E-state index in [1.54, 1.807) is 59.3 Å². The summed E-state index contributed by atoms with van der Waals surface area (Å²) in [6.07, 6.45) is 4.17. The topological polar surface area (TPSA) is 89.9 Å². The molecule has 3 aromatic carbocycles. The number of benzene rings is 3. The largest absolute Gasteiger partial charge is 0.412 e. The summed E-state index contributed by atoms with van der Waals surface area (Å²) in [5.74, 6) is -5.67. The molecule has 0 radical (unpaired) electrons. The molecule has 2 aliphatic rings. The fourth-order valence-corrected chi connectivity index (χ4v) is 6.82. The van der Waals surface area contributed by atoms with Crippen LogP contribution < -0.4 is 0 Å². The molecule has 2 aliphatic heterocycles. The molecular formula is C33H34F4N4O3S. The highest BCUT2D eigenvalue weighted by atomic mass is 32.2. The van der Waals surface area contributed by atoms with Gasteiger partial charge in [-0.3, -0.25) is 13.9 Å². The van der Waals surface area contributed by atoms with Crippen molar-refractivity contribution in [3.05, 3.63) is 113 Å². The normalized spacial score (nSPS) is 19.3. The van der Waals surface area contributed by atoms with Crippen LogP contribution in [0.25, 0.3) is 5.69 Å². The maximum Gasteiger partial charge on any atom is 0.273 e. The van der Waals surface area contributed by atoms with Crippen molar-refractivity contribution in [2.45, 2.75) is 42.0 Å². The van der Waals surface area contributed by atoms with E-state index in [2.05, 4.69) is 10.00 Å². The Kier molecular flexibility index (Phi) is 9.57. The summed E-state index contributed by atoms with van der Waals surface area (Å²) in [6.45, 7) is 0.770. The highest BCUT2D eigenvalue weighted by Crippen LogP contribution is 2.42. The van der Waals surface area contributed by atoms with E-state index in [1.165, 1.54) is 35.6 Å². The van der Waals surface area contributed by atoms with E-state index < -0.39 is 46.7 Å². The monoisotopic (exact) mass is 642 g/mol. The molecule has 0 bridgehead atoms. The number of alkyl halides is 2. The quantitative estimate of drug-likeness (QED) is 0.256. The molecule has 2 unspecified atom stereocenters. The Morgan fingerprint density at radius 2 is 1.69 bits per heavy atom. The number of halogens is 4. The number of hydrogen-bond acceptors (Lipinski definition) is 4. The van der Waals surface area contributed by atoms with Gasteiger partial charge in [0.1, 0.15) is 11.6 Å². The van der Waals surface area contributed by atoms with Crippen molar-refractivity contribution in [3.63, 3.8) is 0 Å². The Labute approximate surface area is 261 Å². The van der Waals surface area contributed by atoms with Gasteiger partial charge < -0.3 is 10.4 Å². The van der Waals surface area contributed by atoms with Gasteiger partial charge in [0.2, 0.25) is 0 Å². The zero-order valence-corrected chi connectivity index (χ0v) is 25.5. The molecule has 0 saturated carbocycles. The SMILES string of the molecule is CS(=O)c1ccc(CN2CCC(c3c(C(=O)N4CC(c5ccccc5)C(F)(F)C4)cnn3-c3ccc(F)cc3)CC2)c(F)c1.O. The van der Waals surface area contributed by atoms with Gasteiger partial charge in [0.05, 0.1) is 35.6 Å². The molecule has 4 aromatic rings. The molecule has 45 heavy (non-hydrogen) atoms. The van der Waals surface area contributed by atoms with E-state index in [0.717, 1.165) is 0 Å². The maximum atomic E-state index is 15.2. The van der Waals surface area contributed by atoms with E-state index >= 15 is 8.78 Å². The highest BCUT2D eigenvalue weighted by Gasteiger charge is 2.50. The number of aromatic nitrogens is 2.